The van der Waals surface area contributed by atoms with Crippen LogP contribution in [0.15, 0.2) is 36.5 Å². The summed E-state index contributed by atoms with van der Waals surface area (Å²) in [6, 6.07) is 0. The van der Waals surface area contributed by atoms with Gasteiger partial charge in [-0.2, -0.15) is 0 Å². The van der Waals surface area contributed by atoms with Crippen molar-refractivity contribution in [1.82, 2.24) is 0 Å². The monoisotopic (exact) mass is 955 g/mol. The lowest BCUT2D eigenvalue weighted by atomic mass is 10.0. The Morgan fingerprint density at radius 2 is 0.529 bits per heavy atom. The Balaban J connectivity index is 4.04. The lowest BCUT2D eigenvalue weighted by Gasteiger charge is -2.18. The van der Waals surface area contributed by atoms with E-state index in [-0.39, 0.29) is 31.1 Å². The molecule has 0 aromatic heterocycles. The largest absolute Gasteiger partial charge is 0.462 e. The topological polar surface area (TPSA) is 78.9 Å². The lowest BCUT2D eigenvalue weighted by Crippen LogP contribution is -2.30. The maximum atomic E-state index is 12.8. The molecular weight excluding hydrogens is 841 g/mol. The highest BCUT2D eigenvalue weighted by atomic mass is 16.6. The van der Waals surface area contributed by atoms with Gasteiger partial charge in [0.1, 0.15) is 13.2 Å². The first-order chi connectivity index (χ1) is 33.5. The molecule has 0 amide bonds. The number of allylic oxidation sites excluding steroid dienone is 6. The number of unbranched alkanes of at least 4 members (excludes halogenated alkanes) is 38. The van der Waals surface area contributed by atoms with Gasteiger partial charge >= 0.3 is 17.9 Å². The molecule has 68 heavy (non-hydrogen) atoms. The summed E-state index contributed by atoms with van der Waals surface area (Å²) in [5.74, 6) is -0.875. The van der Waals surface area contributed by atoms with Gasteiger partial charge in [-0.15, -0.1) is 0 Å². The summed E-state index contributed by atoms with van der Waals surface area (Å²) >= 11 is 0. The number of carbonyl (C=O) groups excluding carboxylic acids is 3. The second kappa shape index (κ2) is 57.2. The number of rotatable bonds is 55. The molecule has 0 aliphatic carbocycles. The molecule has 0 spiro atoms. The van der Waals surface area contributed by atoms with Crippen molar-refractivity contribution in [2.24, 2.45) is 0 Å². The smallest absolute Gasteiger partial charge is 0.306 e. The second-order valence-electron chi connectivity index (χ2n) is 20.3. The Kier molecular flexibility index (Phi) is 55.2. The van der Waals surface area contributed by atoms with Crippen molar-refractivity contribution in [1.29, 1.82) is 0 Å². The zero-order chi connectivity index (χ0) is 49.3. The van der Waals surface area contributed by atoms with Crippen molar-refractivity contribution in [3.05, 3.63) is 36.5 Å². The van der Waals surface area contributed by atoms with Crippen LogP contribution in [0.5, 0.6) is 0 Å². The molecule has 0 aliphatic heterocycles. The van der Waals surface area contributed by atoms with Gasteiger partial charge in [-0.1, -0.05) is 263 Å². The predicted molar refractivity (Wildman–Crippen MR) is 293 cm³/mol. The molecule has 0 saturated carbocycles. The molecule has 0 fully saturated rings. The van der Waals surface area contributed by atoms with Crippen molar-refractivity contribution >= 4 is 17.9 Å². The van der Waals surface area contributed by atoms with Crippen LogP contribution in [0.2, 0.25) is 0 Å². The molecule has 0 rings (SSSR count). The number of esters is 3. The van der Waals surface area contributed by atoms with Gasteiger partial charge in [0, 0.05) is 19.3 Å². The number of carbonyl (C=O) groups is 3. The van der Waals surface area contributed by atoms with E-state index in [4.69, 9.17) is 14.2 Å². The van der Waals surface area contributed by atoms with Crippen LogP contribution in [0.1, 0.15) is 323 Å². The fraction of sp³-hybridized carbons (Fsp3) is 0.855. The van der Waals surface area contributed by atoms with E-state index in [0.717, 1.165) is 70.6 Å². The van der Waals surface area contributed by atoms with Gasteiger partial charge in [0.25, 0.3) is 0 Å². The molecule has 0 radical (unpaired) electrons. The van der Waals surface area contributed by atoms with E-state index in [1.165, 1.54) is 212 Å². The third-order valence-corrected chi connectivity index (χ3v) is 13.4. The molecule has 0 bridgehead atoms. The van der Waals surface area contributed by atoms with Gasteiger partial charge in [0.2, 0.25) is 0 Å². The third-order valence-electron chi connectivity index (χ3n) is 13.4. The Hall–Kier alpha value is -2.37. The Morgan fingerprint density at radius 3 is 0.853 bits per heavy atom. The molecule has 6 heteroatoms. The van der Waals surface area contributed by atoms with E-state index >= 15 is 0 Å². The first-order valence-corrected chi connectivity index (χ1v) is 30.0. The van der Waals surface area contributed by atoms with Crippen molar-refractivity contribution < 1.29 is 28.6 Å². The molecule has 1 unspecified atom stereocenters. The zero-order valence-corrected chi connectivity index (χ0v) is 45.6. The van der Waals surface area contributed by atoms with E-state index in [2.05, 4.69) is 57.2 Å². The van der Waals surface area contributed by atoms with E-state index in [0.29, 0.717) is 19.3 Å². The minimum absolute atomic E-state index is 0.0723. The normalized spacial score (nSPS) is 12.2. The highest BCUT2D eigenvalue weighted by Crippen LogP contribution is 2.17. The van der Waals surface area contributed by atoms with Crippen LogP contribution in [0.4, 0.5) is 0 Å². The van der Waals surface area contributed by atoms with Crippen LogP contribution in [-0.4, -0.2) is 37.2 Å². The molecule has 6 nitrogen and oxygen atoms in total. The SMILES string of the molecule is CCCCC/C=C\C/C=C\CCCCCCCCCC(=O)OC(COC(=O)CCCCCCCC)COC(=O)CCCCCCCCCCCCCCCCC/C=C\CCCCCCCCCC. The van der Waals surface area contributed by atoms with Gasteiger partial charge in [0.15, 0.2) is 6.10 Å². The first kappa shape index (κ1) is 65.6. The Morgan fingerprint density at radius 1 is 0.294 bits per heavy atom. The minimum Gasteiger partial charge on any atom is -0.462 e. The number of ether oxygens (including phenoxy) is 3. The average Bonchev–Trinajstić information content (AvgIpc) is 3.34. The molecule has 0 aromatic carbocycles. The van der Waals surface area contributed by atoms with Gasteiger partial charge in [0.05, 0.1) is 0 Å². The minimum atomic E-state index is -0.771. The van der Waals surface area contributed by atoms with Crippen LogP contribution in [0.25, 0.3) is 0 Å². The standard InChI is InChI=1S/C62H114O6/c1-4-7-10-13-16-18-20-22-24-26-27-28-29-30-31-32-33-34-35-37-38-40-42-44-46-49-52-55-61(64)67-58-59(57-66-60(63)54-51-48-15-12-9-6-3)68-62(65)56-53-50-47-45-43-41-39-36-25-23-21-19-17-14-11-8-5-2/h17,19,23,25-27,59H,4-16,18,20-22,24,28-58H2,1-3H3/b19-17-,25-23-,27-26-. The molecule has 0 N–H and O–H groups in total. The van der Waals surface area contributed by atoms with Gasteiger partial charge in [-0.3, -0.25) is 14.4 Å². The van der Waals surface area contributed by atoms with Gasteiger partial charge < -0.3 is 14.2 Å². The summed E-state index contributed by atoms with van der Waals surface area (Å²) in [4.78, 5) is 37.9. The van der Waals surface area contributed by atoms with Crippen LogP contribution in [0.3, 0.4) is 0 Å². The summed E-state index contributed by atoms with van der Waals surface area (Å²) < 4.78 is 16.8. The Bertz CT molecular complexity index is 1140. The third kappa shape index (κ3) is 54.6. The van der Waals surface area contributed by atoms with Crippen molar-refractivity contribution in [2.45, 2.75) is 329 Å². The summed E-state index contributed by atoms with van der Waals surface area (Å²) in [5.41, 5.74) is 0. The molecule has 0 aromatic rings. The van der Waals surface area contributed by atoms with Crippen LogP contribution >= 0.6 is 0 Å². The molecule has 0 saturated heterocycles. The summed E-state index contributed by atoms with van der Waals surface area (Å²) in [5, 5.41) is 0. The summed E-state index contributed by atoms with van der Waals surface area (Å²) in [7, 11) is 0. The van der Waals surface area contributed by atoms with E-state index in [9.17, 15) is 14.4 Å². The number of hydrogen-bond donors (Lipinski definition) is 0. The van der Waals surface area contributed by atoms with E-state index in [1.54, 1.807) is 0 Å². The molecule has 1 atom stereocenters. The van der Waals surface area contributed by atoms with Crippen molar-refractivity contribution in [3.63, 3.8) is 0 Å². The molecule has 0 aliphatic rings. The molecule has 398 valence electrons. The average molecular weight is 956 g/mol. The van der Waals surface area contributed by atoms with Crippen molar-refractivity contribution in [2.75, 3.05) is 13.2 Å². The van der Waals surface area contributed by atoms with Crippen molar-refractivity contribution in [3.8, 4) is 0 Å². The fourth-order valence-electron chi connectivity index (χ4n) is 8.82. The van der Waals surface area contributed by atoms with Gasteiger partial charge in [-0.25, -0.2) is 0 Å². The van der Waals surface area contributed by atoms with Crippen LogP contribution in [-0.2, 0) is 28.6 Å². The van der Waals surface area contributed by atoms with Crippen LogP contribution in [0, 0.1) is 0 Å². The molecule has 0 heterocycles. The first-order valence-electron chi connectivity index (χ1n) is 30.0. The van der Waals surface area contributed by atoms with Crippen LogP contribution < -0.4 is 0 Å². The maximum Gasteiger partial charge on any atom is 0.306 e. The van der Waals surface area contributed by atoms with Gasteiger partial charge in [-0.05, 0) is 77.0 Å². The highest BCUT2D eigenvalue weighted by molar-refractivity contribution is 5.71. The molecular formula is C62H114O6. The summed E-state index contributed by atoms with van der Waals surface area (Å²) in [6.45, 7) is 6.59. The highest BCUT2D eigenvalue weighted by Gasteiger charge is 2.19. The second-order valence-corrected chi connectivity index (χ2v) is 20.3. The summed E-state index contributed by atoms with van der Waals surface area (Å²) in [6.07, 6.45) is 69.0. The zero-order valence-electron chi connectivity index (χ0n) is 45.6. The lowest BCUT2D eigenvalue weighted by molar-refractivity contribution is -0.167. The predicted octanol–water partition coefficient (Wildman–Crippen LogP) is 20.0. The number of hydrogen-bond acceptors (Lipinski definition) is 6. The van der Waals surface area contributed by atoms with E-state index < -0.39 is 6.10 Å². The van der Waals surface area contributed by atoms with E-state index in [1.807, 2.05) is 0 Å². The fourth-order valence-corrected chi connectivity index (χ4v) is 8.82. The quantitative estimate of drug-likeness (QED) is 0.0262. The maximum absolute atomic E-state index is 12.8. The Labute approximate surface area is 423 Å².